The molecule has 0 aliphatic carbocycles. The van der Waals surface area contributed by atoms with Crippen LogP contribution in [0, 0.1) is 0 Å². The molecular formula is C23H29ClN4O2S. The normalized spacial score (nSPS) is 17.1. The molecule has 0 bridgehead atoms. The molecule has 31 heavy (non-hydrogen) atoms. The molecule has 2 amide bonds. The second kappa shape index (κ2) is 10.6. The second-order valence-electron chi connectivity index (χ2n) is 7.69. The van der Waals surface area contributed by atoms with Gasteiger partial charge in [-0.2, -0.15) is 0 Å². The first-order chi connectivity index (χ1) is 15.2. The average Bonchev–Trinajstić information content (AvgIpc) is 3.14. The quantitative estimate of drug-likeness (QED) is 0.661. The SMILES string of the molecule is CCc1cc2c(s1)N(C(=O)NCCCN1CCOCC1)CCN=C2c1ccccc1Cl. The third-order valence-corrected chi connectivity index (χ3v) is 7.24. The number of amides is 2. The topological polar surface area (TPSA) is 57.2 Å². The smallest absolute Gasteiger partial charge is 0.322 e. The van der Waals surface area contributed by atoms with E-state index < -0.39 is 0 Å². The van der Waals surface area contributed by atoms with Gasteiger partial charge in [-0.25, -0.2) is 4.79 Å². The van der Waals surface area contributed by atoms with E-state index in [4.69, 9.17) is 21.3 Å². The summed E-state index contributed by atoms with van der Waals surface area (Å²) in [4.78, 5) is 23.4. The molecular weight excluding hydrogens is 432 g/mol. The van der Waals surface area contributed by atoms with Crippen LogP contribution in [0.5, 0.6) is 0 Å². The van der Waals surface area contributed by atoms with E-state index in [0.717, 1.165) is 67.5 Å². The van der Waals surface area contributed by atoms with Crippen LogP contribution in [0.3, 0.4) is 0 Å². The summed E-state index contributed by atoms with van der Waals surface area (Å²) in [5.41, 5.74) is 2.79. The van der Waals surface area contributed by atoms with Crippen molar-refractivity contribution in [3.8, 4) is 0 Å². The van der Waals surface area contributed by atoms with Gasteiger partial charge in [-0.3, -0.25) is 14.8 Å². The molecule has 3 heterocycles. The number of urea groups is 1. The third-order valence-electron chi connectivity index (χ3n) is 5.61. The van der Waals surface area contributed by atoms with Crippen LogP contribution < -0.4 is 10.2 Å². The Morgan fingerprint density at radius 2 is 2.03 bits per heavy atom. The predicted molar refractivity (Wildman–Crippen MR) is 128 cm³/mol. The van der Waals surface area contributed by atoms with E-state index >= 15 is 0 Å². The van der Waals surface area contributed by atoms with Crippen LogP contribution in [-0.2, 0) is 11.2 Å². The van der Waals surface area contributed by atoms with Crippen LogP contribution in [0.1, 0.15) is 29.3 Å². The second-order valence-corrected chi connectivity index (χ2v) is 9.21. The largest absolute Gasteiger partial charge is 0.379 e. The summed E-state index contributed by atoms with van der Waals surface area (Å²) in [6.07, 6.45) is 1.85. The minimum atomic E-state index is -0.0525. The molecule has 0 saturated carbocycles. The monoisotopic (exact) mass is 460 g/mol. The number of aryl methyl sites for hydroxylation is 1. The van der Waals surface area contributed by atoms with Gasteiger partial charge >= 0.3 is 6.03 Å². The van der Waals surface area contributed by atoms with Crippen molar-refractivity contribution in [2.45, 2.75) is 19.8 Å². The number of hydrogen-bond donors (Lipinski definition) is 1. The summed E-state index contributed by atoms with van der Waals surface area (Å²) in [5, 5.41) is 4.75. The van der Waals surface area contributed by atoms with Crippen LogP contribution in [0.2, 0.25) is 5.02 Å². The molecule has 166 valence electrons. The Balaban J connectivity index is 1.47. The minimum Gasteiger partial charge on any atom is -0.379 e. The fraction of sp³-hybridized carbons (Fsp3) is 0.478. The van der Waals surface area contributed by atoms with Crippen LogP contribution in [0.15, 0.2) is 35.3 Å². The molecule has 0 unspecified atom stereocenters. The number of halogens is 1. The zero-order valence-corrected chi connectivity index (χ0v) is 19.5. The maximum atomic E-state index is 13.1. The first-order valence-electron chi connectivity index (χ1n) is 10.9. The first-order valence-corrected chi connectivity index (χ1v) is 12.1. The van der Waals surface area contributed by atoms with E-state index in [0.29, 0.717) is 24.7 Å². The van der Waals surface area contributed by atoms with Gasteiger partial charge in [0, 0.05) is 47.2 Å². The fourth-order valence-corrected chi connectivity index (χ4v) is 5.26. The van der Waals surface area contributed by atoms with Crippen molar-refractivity contribution in [2.75, 3.05) is 57.4 Å². The molecule has 1 saturated heterocycles. The summed E-state index contributed by atoms with van der Waals surface area (Å²) in [7, 11) is 0. The highest BCUT2D eigenvalue weighted by molar-refractivity contribution is 7.16. The number of carbonyl (C=O) groups excluding carboxylic acids is 1. The Bertz CT molecular complexity index is 939. The maximum Gasteiger partial charge on any atom is 0.322 e. The lowest BCUT2D eigenvalue weighted by atomic mass is 10.0. The van der Waals surface area contributed by atoms with Gasteiger partial charge in [-0.15, -0.1) is 11.3 Å². The lowest BCUT2D eigenvalue weighted by Crippen LogP contribution is -2.42. The van der Waals surface area contributed by atoms with Crippen molar-refractivity contribution in [2.24, 2.45) is 4.99 Å². The van der Waals surface area contributed by atoms with Crippen LogP contribution in [0.4, 0.5) is 9.80 Å². The lowest BCUT2D eigenvalue weighted by Gasteiger charge is -2.26. The zero-order chi connectivity index (χ0) is 21.6. The minimum absolute atomic E-state index is 0.0525. The van der Waals surface area contributed by atoms with E-state index in [2.05, 4.69) is 23.2 Å². The van der Waals surface area contributed by atoms with Crippen molar-refractivity contribution >= 4 is 39.7 Å². The van der Waals surface area contributed by atoms with Crippen molar-refractivity contribution in [1.29, 1.82) is 0 Å². The highest BCUT2D eigenvalue weighted by atomic mass is 35.5. The Morgan fingerprint density at radius 1 is 1.23 bits per heavy atom. The molecule has 2 aromatic rings. The third kappa shape index (κ3) is 5.29. The van der Waals surface area contributed by atoms with Crippen molar-refractivity contribution < 1.29 is 9.53 Å². The van der Waals surface area contributed by atoms with Gasteiger partial charge in [0.05, 0.1) is 25.5 Å². The molecule has 0 radical (unpaired) electrons. The summed E-state index contributed by atoms with van der Waals surface area (Å²) in [6, 6.07) is 9.88. The number of aliphatic imine (C=N–C) groups is 1. The molecule has 4 rings (SSSR count). The van der Waals surface area contributed by atoms with E-state index in [9.17, 15) is 4.79 Å². The van der Waals surface area contributed by atoms with Gasteiger partial charge in [0.15, 0.2) is 0 Å². The molecule has 0 atom stereocenters. The van der Waals surface area contributed by atoms with Gasteiger partial charge < -0.3 is 10.1 Å². The molecule has 0 spiro atoms. The number of thiophene rings is 1. The van der Waals surface area contributed by atoms with Crippen LogP contribution in [-0.4, -0.2) is 69.1 Å². The number of nitrogens with zero attached hydrogens (tertiary/aromatic N) is 3. The Morgan fingerprint density at radius 3 is 2.81 bits per heavy atom. The standard InChI is InChI=1S/C23H29ClN4O2S/c1-2-17-16-19-21(18-6-3-4-7-20(18)24)25-9-11-28(22(19)31-17)23(29)26-8-5-10-27-12-14-30-15-13-27/h3-4,6-7,16H,2,5,8-15H2,1H3,(H,26,29). The van der Waals surface area contributed by atoms with Crippen molar-refractivity contribution in [3.63, 3.8) is 0 Å². The first kappa shape index (κ1) is 22.3. The molecule has 2 aliphatic heterocycles. The number of nitrogens with one attached hydrogen (secondary N) is 1. The molecule has 6 nitrogen and oxygen atoms in total. The van der Waals surface area contributed by atoms with E-state index in [1.54, 1.807) is 11.3 Å². The Labute approximate surface area is 192 Å². The number of ether oxygens (including phenoxy) is 1. The number of benzene rings is 1. The van der Waals surface area contributed by atoms with Gasteiger partial charge in [-0.05, 0) is 31.5 Å². The van der Waals surface area contributed by atoms with Gasteiger partial charge in [0.25, 0.3) is 0 Å². The molecule has 1 aromatic carbocycles. The number of rotatable bonds is 6. The van der Waals surface area contributed by atoms with Crippen LogP contribution in [0.25, 0.3) is 0 Å². The molecule has 8 heteroatoms. The molecule has 1 fully saturated rings. The number of hydrogen-bond acceptors (Lipinski definition) is 5. The summed E-state index contributed by atoms with van der Waals surface area (Å²) < 4.78 is 5.39. The molecule has 1 N–H and O–H groups in total. The van der Waals surface area contributed by atoms with E-state index in [1.165, 1.54) is 4.88 Å². The van der Waals surface area contributed by atoms with E-state index in [-0.39, 0.29) is 6.03 Å². The maximum absolute atomic E-state index is 13.1. The zero-order valence-electron chi connectivity index (χ0n) is 17.9. The Hall–Kier alpha value is -1.93. The number of morpholine rings is 1. The summed E-state index contributed by atoms with van der Waals surface area (Å²) in [6.45, 7) is 8.42. The average molecular weight is 461 g/mol. The molecule has 1 aromatic heterocycles. The highest BCUT2D eigenvalue weighted by Crippen LogP contribution is 2.36. The fourth-order valence-electron chi connectivity index (χ4n) is 3.92. The highest BCUT2D eigenvalue weighted by Gasteiger charge is 2.27. The lowest BCUT2D eigenvalue weighted by molar-refractivity contribution is 0.0375. The van der Waals surface area contributed by atoms with E-state index in [1.807, 2.05) is 29.2 Å². The predicted octanol–water partition coefficient (Wildman–Crippen LogP) is 4.05. The van der Waals surface area contributed by atoms with Crippen molar-refractivity contribution in [1.82, 2.24) is 10.2 Å². The van der Waals surface area contributed by atoms with Crippen LogP contribution >= 0.6 is 22.9 Å². The Kier molecular flexibility index (Phi) is 7.61. The summed E-state index contributed by atoms with van der Waals surface area (Å²) in [5.74, 6) is 0. The summed E-state index contributed by atoms with van der Waals surface area (Å²) >= 11 is 8.15. The van der Waals surface area contributed by atoms with Gasteiger partial charge in [0.2, 0.25) is 0 Å². The number of fused-ring (bicyclic) bond motifs is 1. The number of anilines is 1. The van der Waals surface area contributed by atoms with Crippen molar-refractivity contribution in [3.05, 3.63) is 51.4 Å². The number of carbonyl (C=O) groups is 1. The van der Waals surface area contributed by atoms with Gasteiger partial charge in [0.1, 0.15) is 5.00 Å². The van der Waals surface area contributed by atoms with Gasteiger partial charge in [-0.1, -0.05) is 36.7 Å². The molecule has 2 aliphatic rings.